The largest absolute Gasteiger partial charge is 0.322 e. The van der Waals surface area contributed by atoms with Crippen molar-refractivity contribution in [1.29, 1.82) is 0 Å². The molecule has 0 radical (unpaired) electrons. The molecule has 0 bridgehead atoms. The molecule has 0 aliphatic carbocycles. The molecule has 0 saturated carbocycles. The molecule has 2 aromatic carbocycles. The van der Waals surface area contributed by atoms with E-state index in [-0.39, 0.29) is 5.91 Å². The second kappa shape index (κ2) is 5.84. The highest BCUT2D eigenvalue weighted by Crippen LogP contribution is 2.21. The number of benzene rings is 2. The smallest absolute Gasteiger partial charge is 0.255 e. The summed E-state index contributed by atoms with van der Waals surface area (Å²) in [5.41, 5.74) is 1.98. The molecule has 2 rings (SSSR count). The van der Waals surface area contributed by atoms with E-state index in [4.69, 9.17) is 0 Å². The fourth-order valence-electron chi connectivity index (χ4n) is 1.51. The summed E-state index contributed by atoms with van der Waals surface area (Å²) in [7, 11) is 0. The van der Waals surface area contributed by atoms with Crippen molar-refractivity contribution in [3.05, 3.63) is 62.3 Å². The van der Waals surface area contributed by atoms with E-state index in [0.29, 0.717) is 15.7 Å². The minimum atomic E-state index is -0.414. The van der Waals surface area contributed by atoms with Gasteiger partial charge in [0.2, 0.25) is 0 Å². The maximum atomic E-state index is 13.3. The van der Waals surface area contributed by atoms with Gasteiger partial charge < -0.3 is 5.32 Å². The van der Waals surface area contributed by atoms with Crippen LogP contribution in [0.15, 0.2) is 45.3 Å². The Hall–Kier alpha value is -1.20. The molecular formula is C14H10Br2FNO. The van der Waals surface area contributed by atoms with Gasteiger partial charge in [-0.2, -0.15) is 0 Å². The van der Waals surface area contributed by atoms with Gasteiger partial charge in [-0.15, -0.1) is 0 Å². The Kier molecular flexibility index (Phi) is 4.37. The van der Waals surface area contributed by atoms with Gasteiger partial charge in [0.25, 0.3) is 5.91 Å². The van der Waals surface area contributed by atoms with E-state index < -0.39 is 5.82 Å². The lowest BCUT2D eigenvalue weighted by Gasteiger charge is -2.07. The predicted octanol–water partition coefficient (Wildman–Crippen LogP) is 4.91. The number of hydrogen-bond acceptors (Lipinski definition) is 1. The molecule has 0 heterocycles. The molecule has 0 saturated heterocycles. The van der Waals surface area contributed by atoms with Crippen molar-refractivity contribution in [3.8, 4) is 0 Å². The van der Waals surface area contributed by atoms with E-state index in [0.717, 1.165) is 10.0 Å². The zero-order valence-electron chi connectivity index (χ0n) is 10.0. The summed E-state index contributed by atoms with van der Waals surface area (Å²) in [6, 6.07) is 9.77. The fourth-order valence-corrected chi connectivity index (χ4v) is 2.14. The maximum absolute atomic E-state index is 13.3. The summed E-state index contributed by atoms with van der Waals surface area (Å²) < 4.78 is 14.6. The van der Waals surface area contributed by atoms with E-state index in [1.54, 1.807) is 24.3 Å². The monoisotopic (exact) mass is 385 g/mol. The number of nitrogens with one attached hydrogen (secondary N) is 1. The number of halogens is 3. The number of amides is 1. The molecule has 1 N–H and O–H groups in total. The van der Waals surface area contributed by atoms with Crippen LogP contribution in [0.2, 0.25) is 0 Å². The van der Waals surface area contributed by atoms with Gasteiger partial charge in [0.1, 0.15) is 5.82 Å². The lowest BCUT2D eigenvalue weighted by molar-refractivity contribution is 0.102. The molecule has 98 valence electrons. The second-order valence-corrected chi connectivity index (χ2v) is 5.76. The van der Waals surface area contributed by atoms with Crippen LogP contribution < -0.4 is 5.32 Å². The first-order chi connectivity index (χ1) is 8.97. The van der Waals surface area contributed by atoms with Gasteiger partial charge in [0.15, 0.2) is 0 Å². The molecule has 0 aliphatic heterocycles. The third-order valence-electron chi connectivity index (χ3n) is 2.61. The van der Waals surface area contributed by atoms with Crippen molar-refractivity contribution < 1.29 is 9.18 Å². The lowest BCUT2D eigenvalue weighted by atomic mass is 10.1. The van der Waals surface area contributed by atoms with Crippen LogP contribution in [-0.4, -0.2) is 5.91 Å². The predicted molar refractivity (Wildman–Crippen MR) is 80.9 cm³/mol. The van der Waals surface area contributed by atoms with Crippen LogP contribution in [0.25, 0.3) is 0 Å². The summed E-state index contributed by atoms with van der Waals surface area (Å²) in [4.78, 5) is 12.0. The Balaban J connectivity index is 2.20. The van der Waals surface area contributed by atoms with Crippen LogP contribution in [0.3, 0.4) is 0 Å². The Morgan fingerprint density at radius 1 is 1.11 bits per heavy atom. The first kappa shape index (κ1) is 14.2. The Labute approximate surface area is 127 Å². The van der Waals surface area contributed by atoms with Crippen molar-refractivity contribution >= 4 is 43.5 Å². The molecule has 0 atom stereocenters. The highest BCUT2D eigenvalue weighted by Gasteiger charge is 2.09. The molecule has 2 nitrogen and oxygen atoms in total. The number of aryl methyl sites for hydroxylation is 1. The summed E-state index contributed by atoms with van der Waals surface area (Å²) in [6.45, 7) is 1.94. The highest BCUT2D eigenvalue weighted by molar-refractivity contribution is 9.10. The van der Waals surface area contributed by atoms with Crippen molar-refractivity contribution in [1.82, 2.24) is 0 Å². The van der Waals surface area contributed by atoms with E-state index in [2.05, 4.69) is 37.2 Å². The van der Waals surface area contributed by atoms with Crippen molar-refractivity contribution in [3.63, 3.8) is 0 Å². The second-order valence-electron chi connectivity index (χ2n) is 4.05. The van der Waals surface area contributed by atoms with Gasteiger partial charge in [-0.1, -0.05) is 22.0 Å². The van der Waals surface area contributed by atoms with Gasteiger partial charge in [-0.3, -0.25) is 4.79 Å². The van der Waals surface area contributed by atoms with Crippen LogP contribution in [0.4, 0.5) is 10.1 Å². The van der Waals surface area contributed by atoms with E-state index >= 15 is 0 Å². The van der Waals surface area contributed by atoms with Crippen LogP contribution in [0.5, 0.6) is 0 Å². The van der Waals surface area contributed by atoms with Gasteiger partial charge in [-0.25, -0.2) is 4.39 Å². The van der Waals surface area contributed by atoms with Gasteiger partial charge in [0.05, 0.1) is 4.47 Å². The average molecular weight is 387 g/mol. The minimum Gasteiger partial charge on any atom is -0.322 e. The Morgan fingerprint density at radius 2 is 1.84 bits per heavy atom. The first-order valence-electron chi connectivity index (χ1n) is 5.50. The number of carbonyl (C=O) groups excluding carboxylic acids is 1. The number of rotatable bonds is 2. The highest BCUT2D eigenvalue weighted by atomic mass is 79.9. The third kappa shape index (κ3) is 3.42. The molecule has 19 heavy (non-hydrogen) atoms. The first-order valence-corrected chi connectivity index (χ1v) is 7.08. The molecule has 0 unspecified atom stereocenters. The standard InChI is InChI=1S/C14H10Br2FNO/c1-8-2-3-9(6-12(8)16)14(19)18-10-4-5-11(15)13(17)7-10/h2-7H,1H3,(H,18,19). The summed E-state index contributed by atoms with van der Waals surface area (Å²) in [6.07, 6.45) is 0. The zero-order chi connectivity index (χ0) is 14.0. The van der Waals surface area contributed by atoms with Crippen LogP contribution in [0, 0.1) is 12.7 Å². The van der Waals surface area contributed by atoms with Crippen molar-refractivity contribution in [2.75, 3.05) is 5.32 Å². The molecule has 0 fully saturated rings. The summed E-state index contributed by atoms with van der Waals surface area (Å²) >= 11 is 6.44. The van der Waals surface area contributed by atoms with Crippen molar-refractivity contribution in [2.24, 2.45) is 0 Å². The molecule has 0 spiro atoms. The van der Waals surface area contributed by atoms with Gasteiger partial charge in [0, 0.05) is 15.7 Å². The summed E-state index contributed by atoms with van der Waals surface area (Å²) in [5.74, 6) is -0.690. The normalized spacial score (nSPS) is 10.3. The van der Waals surface area contributed by atoms with E-state index in [1.165, 1.54) is 6.07 Å². The van der Waals surface area contributed by atoms with Crippen LogP contribution in [-0.2, 0) is 0 Å². The van der Waals surface area contributed by atoms with Crippen molar-refractivity contribution in [2.45, 2.75) is 6.92 Å². The topological polar surface area (TPSA) is 29.1 Å². The SMILES string of the molecule is Cc1ccc(C(=O)Nc2ccc(Br)c(F)c2)cc1Br. The lowest BCUT2D eigenvalue weighted by Crippen LogP contribution is -2.12. The molecular weight excluding hydrogens is 377 g/mol. The Bertz CT molecular complexity index is 643. The molecule has 2 aromatic rings. The Morgan fingerprint density at radius 3 is 2.47 bits per heavy atom. The maximum Gasteiger partial charge on any atom is 0.255 e. The molecule has 0 aromatic heterocycles. The van der Waals surface area contributed by atoms with Crippen LogP contribution in [0.1, 0.15) is 15.9 Å². The summed E-state index contributed by atoms with van der Waals surface area (Å²) in [5, 5.41) is 2.65. The number of anilines is 1. The fraction of sp³-hybridized carbons (Fsp3) is 0.0714. The van der Waals surface area contributed by atoms with E-state index in [1.807, 2.05) is 13.0 Å². The number of hydrogen-bond donors (Lipinski definition) is 1. The molecule has 5 heteroatoms. The van der Waals surface area contributed by atoms with Gasteiger partial charge in [-0.05, 0) is 58.7 Å². The minimum absolute atomic E-state index is 0.276. The van der Waals surface area contributed by atoms with Gasteiger partial charge >= 0.3 is 0 Å². The quantitative estimate of drug-likeness (QED) is 0.780. The zero-order valence-corrected chi connectivity index (χ0v) is 13.2. The van der Waals surface area contributed by atoms with Crippen LogP contribution >= 0.6 is 31.9 Å². The number of carbonyl (C=O) groups is 1. The third-order valence-corrected chi connectivity index (χ3v) is 4.11. The van der Waals surface area contributed by atoms with E-state index in [9.17, 15) is 9.18 Å². The molecule has 1 amide bonds. The average Bonchev–Trinajstić information content (AvgIpc) is 2.37. The molecule has 0 aliphatic rings.